The number of hydrogen-bond acceptors (Lipinski definition) is 4. The minimum Gasteiger partial charge on any atom is -0.478 e. The Bertz CT molecular complexity index is 962. The summed E-state index contributed by atoms with van der Waals surface area (Å²) in [7, 11) is 0. The lowest BCUT2D eigenvalue weighted by Gasteiger charge is -2.10. The van der Waals surface area contributed by atoms with Crippen molar-refractivity contribution in [1.29, 1.82) is 0 Å². The second-order valence-electron chi connectivity index (χ2n) is 5.28. The third-order valence-corrected chi connectivity index (χ3v) is 3.65. The molecule has 2 aromatic carbocycles. The van der Waals surface area contributed by atoms with E-state index in [2.05, 4.69) is 10.3 Å². The smallest absolute Gasteiger partial charge is 0.435 e. The number of aldehydes is 1. The van der Waals surface area contributed by atoms with Crippen molar-refractivity contribution in [2.24, 2.45) is 0 Å². The minimum absolute atomic E-state index is 0.00466. The van der Waals surface area contributed by atoms with Crippen LogP contribution in [0, 0.1) is 0 Å². The summed E-state index contributed by atoms with van der Waals surface area (Å²) in [6.45, 7) is 0. The average Bonchev–Trinajstić information content (AvgIpc) is 3.06. The Morgan fingerprint density at radius 2 is 1.54 bits per heavy atom. The fourth-order valence-electron chi connectivity index (χ4n) is 2.42. The van der Waals surface area contributed by atoms with Crippen LogP contribution in [0.5, 0.6) is 0 Å². The van der Waals surface area contributed by atoms with Crippen LogP contribution in [0.4, 0.5) is 13.2 Å². The first-order valence-electron chi connectivity index (χ1n) is 7.23. The highest BCUT2D eigenvalue weighted by Gasteiger charge is 2.39. The molecular formula is C17H10F3N3O3. The van der Waals surface area contributed by atoms with Crippen molar-refractivity contribution in [2.45, 2.75) is 6.18 Å². The zero-order valence-corrected chi connectivity index (χ0v) is 12.9. The molecule has 0 radical (unpaired) electrons. The lowest BCUT2D eigenvalue weighted by atomic mass is 10.0. The van der Waals surface area contributed by atoms with Crippen LogP contribution >= 0.6 is 0 Å². The van der Waals surface area contributed by atoms with Gasteiger partial charge in [-0.25, -0.2) is 9.48 Å². The SMILES string of the molecule is O=Cc1nnn(-c2ccc(-c3ccc(C(=O)O)cc3)cc2)c1C(F)(F)F. The van der Waals surface area contributed by atoms with Crippen molar-refractivity contribution in [3.8, 4) is 16.8 Å². The average molecular weight is 361 g/mol. The Morgan fingerprint density at radius 1 is 1.00 bits per heavy atom. The largest absolute Gasteiger partial charge is 0.478 e. The van der Waals surface area contributed by atoms with Gasteiger partial charge in [-0.05, 0) is 35.4 Å². The molecule has 1 aromatic heterocycles. The molecule has 0 aliphatic rings. The Morgan fingerprint density at radius 3 is 2.00 bits per heavy atom. The standard InChI is InChI=1S/C17H10F3N3O3/c18-17(19,20)15-14(9-24)21-22-23(15)13-7-5-11(6-8-13)10-1-3-12(4-2-10)16(25)26/h1-9H,(H,25,26). The fourth-order valence-corrected chi connectivity index (χ4v) is 2.42. The van der Waals surface area contributed by atoms with Crippen LogP contribution in [0.25, 0.3) is 16.8 Å². The molecule has 132 valence electrons. The van der Waals surface area contributed by atoms with Gasteiger partial charge in [0, 0.05) is 0 Å². The number of carboxylic acids is 1. The van der Waals surface area contributed by atoms with E-state index in [1.165, 1.54) is 24.3 Å². The molecule has 26 heavy (non-hydrogen) atoms. The van der Waals surface area contributed by atoms with Gasteiger partial charge in [-0.15, -0.1) is 5.10 Å². The van der Waals surface area contributed by atoms with E-state index in [0.29, 0.717) is 15.8 Å². The number of hydrogen-bond donors (Lipinski definition) is 1. The van der Waals surface area contributed by atoms with Crippen LogP contribution in [-0.2, 0) is 6.18 Å². The third kappa shape index (κ3) is 3.18. The molecule has 0 bridgehead atoms. The van der Waals surface area contributed by atoms with Crippen molar-refractivity contribution < 1.29 is 27.9 Å². The third-order valence-electron chi connectivity index (χ3n) is 3.65. The van der Waals surface area contributed by atoms with E-state index in [9.17, 15) is 22.8 Å². The molecule has 0 aliphatic carbocycles. The lowest BCUT2D eigenvalue weighted by molar-refractivity contribution is -0.143. The number of aromatic nitrogens is 3. The monoisotopic (exact) mass is 361 g/mol. The summed E-state index contributed by atoms with van der Waals surface area (Å²) in [4.78, 5) is 21.6. The van der Waals surface area contributed by atoms with Crippen molar-refractivity contribution in [3.63, 3.8) is 0 Å². The van der Waals surface area contributed by atoms with E-state index >= 15 is 0 Å². The Kier molecular flexibility index (Phi) is 4.29. The van der Waals surface area contributed by atoms with Crippen LogP contribution in [0.1, 0.15) is 26.5 Å². The Balaban J connectivity index is 1.97. The van der Waals surface area contributed by atoms with Crippen LogP contribution in [0.15, 0.2) is 48.5 Å². The van der Waals surface area contributed by atoms with E-state index in [-0.39, 0.29) is 17.5 Å². The molecule has 3 aromatic rings. The minimum atomic E-state index is -4.79. The molecule has 1 N–H and O–H groups in total. The topological polar surface area (TPSA) is 85.1 Å². The maximum Gasteiger partial charge on any atom is 0.435 e. The molecule has 0 saturated carbocycles. The van der Waals surface area contributed by atoms with Crippen LogP contribution in [0.3, 0.4) is 0 Å². The summed E-state index contributed by atoms with van der Waals surface area (Å²) in [5, 5.41) is 15.6. The number of carboxylic acid groups (broad SMARTS) is 1. The summed E-state index contributed by atoms with van der Waals surface area (Å²) >= 11 is 0. The van der Waals surface area contributed by atoms with Gasteiger partial charge in [-0.1, -0.05) is 29.5 Å². The van der Waals surface area contributed by atoms with Crippen molar-refractivity contribution in [2.75, 3.05) is 0 Å². The first kappa shape index (κ1) is 17.3. The number of carbonyl (C=O) groups excluding carboxylic acids is 1. The predicted octanol–water partition coefficient (Wildman–Crippen LogP) is 3.46. The van der Waals surface area contributed by atoms with Gasteiger partial charge in [0.15, 0.2) is 17.7 Å². The quantitative estimate of drug-likeness (QED) is 0.720. The number of benzene rings is 2. The summed E-state index contributed by atoms with van der Waals surface area (Å²) in [5.74, 6) is -1.05. The van der Waals surface area contributed by atoms with E-state index in [4.69, 9.17) is 5.11 Å². The summed E-state index contributed by atoms with van der Waals surface area (Å²) < 4.78 is 40.0. The number of rotatable bonds is 4. The van der Waals surface area contributed by atoms with E-state index in [1.54, 1.807) is 24.3 Å². The highest BCUT2D eigenvalue weighted by molar-refractivity contribution is 5.88. The second kappa shape index (κ2) is 6.43. The van der Waals surface area contributed by atoms with Gasteiger partial charge in [0.2, 0.25) is 0 Å². The molecule has 0 aliphatic heterocycles. The van der Waals surface area contributed by atoms with E-state index < -0.39 is 23.5 Å². The fraction of sp³-hybridized carbons (Fsp3) is 0.0588. The van der Waals surface area contributed by atoms with E-state index in [1.807, 2.05) is 0 Å². The van der Waals surface area contributed by atoms with Crippen LogP contribution in [0.2, 0.25) is 0 Å². The Hall–Kier alpha value is -3.49. The lowest BCUT2D eigenvalue weighted by Crippen LogP contribution is -2.15. The van der Waals surface area contributed by atoms with Crippen LogP contribution in [-0.4, -0.2) is 32.4 Å². The molecule has 1 heterocycles. The van der Waals surface area contributed by atoms with Gasteiger partial charge >= 0.3 is 12.1 Å². The molecule has 0 saturated heterocycles. The maximum atomic E-state index is 13.2. The van der Waals surface area contributed by atoms with Gasteiger partial charge in [-0.2, -0.15) is 13.2 Å². The first-order chi connectivity index (χ1) is 12.3. The van der Waals surface area contributed by atoms with Crippen molar-refractivity contribution in [1.82, 2.24) is 15.0 Å². The molecule has 0 spiro atoms. The number of carbonyl (C=O) groups is 2. The van der Waals surface area contributed by atoms with Gasteiger partial charge < -0.3 is 5.11 Å². The highest BCUT2D eigenvalue weighted by atomic mass is 19.4. The van der Waals surface area contributed by atoms with Gasteiger partial charge in [0.05, 0.1) is 11.3 Å². The number of alkyl halides is 3. The molecule has 0 atom stereocenters. The van der Waals surface area contributed by atoms with E-state index in [0.717, 1.165) is 0 Å². The maximum absolute atomic E-state index is 13.2. The Labute approximate surface area is 144 Å². The zero-order chi connectivity index (χ0) is 18.9. The number of halogens is 3. The van der Waals surface area contributed by atoms with Gasteiger partial charge in [0.25, 0.3) is 0 Å². The van der Waals surface area contributed by atoms with Crippen molar-refractivity contribution >= 4 is 12.3 Å². The molecule has 0 unspecified atom stereocenters. The highest BCUT2D eigenvalue weighted by Crippen LogP contribution is 2.32. The normalized spacial score (nSPS) is 11.3. The molecule has 9 heteroatoms. The zero-order valence-electron chi connectivity index (χ0n) is 12.9. The van der Waals surface area contributed by atoms with Crippen molar-refractivity contribution in [3.05, 3.63) is 65.5 Å². The number of nitrogens with zero attached hydrogens (tertiary/aromatic N) is 3. The predicted molar refractivity (Wildman–Crippen MR) is 84.1 cm³/mol. The molecule has 0 amide bonds. The summed E-state index contributed by atoms with van der Waals surface area (Å²) in [6.07, 6.45) is -4.78. The number of aromatic carboxylic acids is 1. The molecular weight excluding hydrogens is 351 g/mol. The van der Waals surface area contributed by atoms with Gasteiger partial charge in [0.1, 0.15) is 0 Å². The molecule has 3 rings (SSSR count). The molecule has 0 fully saturated rings. The van der Waals surface area contributed by atoms with Gasteiger partial charge in [-0.3, -0.25) is 4.79 Å². The van der Waals surface area contributed by atoms with Crippen LogP contribution < -0.4 is 0 Å². The second-order valence-corrected chi connectivity index (χ2v) is 5.28. The molecule has 6 nitrogen and oxygen atoms in total. The summed E-state index contributed by atoms with van der Waals surface area (Å²) in [5.41, 5.74) is -0.440. The first-order valence-corrected chi connectivity index (χ1v) is 7.23. The summed E-state index contributed by atoms with van der Waals surface area (Å²) in [6, 6.07) is 12.0.